The van der Waals surface area contributed by atoms with Crippen LogP contribution in [0.15, 0.2) is 52.9 Å². The number of rotatable bonds is 6. The number of amides is 1. The highest BCUT2D eigenvalue weighted by Gasteiger charge is 2.40. The fourth-order valence-corrected chi connectivity index (χ4v) is 6.35. The van der Waals surface area contributed by atoms with Crippen molar-refractivity contribution in [3.05, 3.63) is 73.1 Å². The molecule has 1 heterocycles. The number of benzene rings is 2. The second-order valence-electron chi connectivity index (χ2n) is 10.0. The molecular weight excluding hydrogens is 595 g/mol. The van der Waals surface area contributed by atoms with Crippen molar-refractivity contribution >= 4 is 45.8 Å². The molecule has 0 saturated heterocycles. The summed E-state index contributed by atoms with van der Waals surface area (Å²) >= 11 is 2.16. The minimum Gasteiger partial charge on any atom is -0.493 e. The first-order valence-electron chi connectivity index (χ1n) is 12.9. The number of carbonyl (C=O) groups excluding carboxylic acids is 3. The molecule has 0 radical (unpaired) electrons. The van der Waals surface area contributed by atoms with Crippen molar-refractivity contribution in [3.8, 4) is 11.5 Å². The zero-order valence-corrected chi connectivity index (χ0v) is 24.0. The smallest absolute Gasteiger partial charge is 0.262 e. The summed E-state index contributed by atoms with van der Waals surface area (Å²) in [5.41, 5.74) is 6.96. The normalized spacial score (nSPS) is 17.6. The van der Waals surface area contributed by atoms with Gasteiger partial charge in [-0.15, -0.1) is 0 Å². The predicted molar refractivity (Wildman–Crippen MR) is 153 cm³/mol. The molecular formula is C30H31IN2O5. The third kappa shape index (κ3) is 4.98. The van der Waals surface area contributed by atoms with Crippen molar-refractivity contribution in [2.24, 2.45) is 0 Å². The Hall–Kier alpha value is -3.14. The van der Waals surface area contributed by atoms with E-state index in [2.05, 4.69) is 33.2 Å². The lowest BCUT2D eigenvalue weighted by Gasteiger charge is -2.37. The van der Waals surface area contributed by atoms with Crippen LogP contribution < -0.4 is 20.1 Å². The number of Topliss-reactive ketones (excluding diaryl/α,β-unsaturated/α-hetero) is 2. The fourth-order valence-electron chi connectivity index (χ4n) is 5.57. The second kappa shape index (κ2) is 10.9. The summed E-state index contributed by atoms with van der Waals surface area (Å²) in [6.45, 7) is 3.78. The minimum atomic E-state index is -0.425. The Morgan fingerprint density at radius 3 is 2.32 bits per heavy atom. The van der Waals surface area contributed by atoms with Gasteiger partial charge in [0, 0.05) is 47.0 Å². The Morgan fingerprint density at radius 1 is 1.03 bits per heavy atom. The lowest BCUT2D eigenvalue weighted by Crippen LogP contribution is -2.36. The van der Waals surface area contributed by atoms with E-state index in [0.717, 1.165) is 63.0 Å². The van der Waals surface area contributed by atoms with E-state index in [1.54, 1.807) is 7.11 Å². The summed E-state index contributed by atoms with van der Waals surface area (Å²) in [5.74, 6) is 0.392. The molecule has 2 N–H and O–H groups in total. The van der Waals surface area contributed by atoms with E-state index in [4.69, 9.17) is 9.47 Å². The summed E-state index contributed by atoms with van der Waals surface area (Å²) in [4.78, 5) is 39.0. The molecule has 38 heavy (non-hydrogen) atoms. The van der Waals surface area contributed by atoms with Gasteiger partial charge in [0.1, 0.15) is 0 Å². The molecule has 3 aliphatic rings. The number of aryl methyl sites for hydroxylation is 1. The number of ether oxygens (including phenoxy) is 2. The number of carbonyl (C=O) groups is 3. The van der Waals surface area contributed by atoms with E-state index < -0.39 is 5.92 Å². The summed E-state index contributed by atoms with van der Waals surface area (Å²) in [6.07, 6.45) is 4.19. The van der Waals surface area contributed by atoms with Gasteiger partial charge < -0.3 is 20.1 Å². The Balaban J connectivity index is 1.45. The van der Waals surface area contributed by atoms with Gasteiger partial charge in [-0.2, -0.15) is 0 Å². The average molecular weight is 626 g/mol. The SMILES string of the molecule is COc1cc(C2C3=C(CCCC3=O)NC3=C2C(=O)CCC3)cc(I)c1OCC(=O)Nc1cccc(C)c1C. The molecule has 2 aromatic carbocycles. The van der Waals surface area contributed by atoms with Gasteiger partial charge in [-0.25, -0.2) is 0 Å². The topological polar surface area (TPSA) is 93.7 Å². The van der Waals surface area contributed by atoms with Crippen LogP contribution in [0.1, 0.15) is 61.1 Å². The van der Waals surface area contributed by atoms with Gasteiger partial charge in [0.2, 0.25) is 0 Å². The van der Waals surface area contributed by atoms with Gasteiger partial charge in [0.15, 0.2) is 29.7 Å². The number of nitrogens with one attached hydrogen (secondary N) is 2. The maximum atomic E-state index is 13.1. The molecule has 198 valence electrons. The van der Waals surface area contributed by atoms with Gasteiger partial charge >= 0.3 is 0 Å². The first-order chi connectivity index (χ1) is 18.3. The molecule has 8 heteroatoms. The van der Waals surface area contributed by atoms with Crippen LogP contribution in [0.4, 0.5) is 5.69 Å². The quantitative estimate of drug-likeness (QED) is 0.404. The van der Waals surface area contributed by atoms with Crippen molar-refractivity contribution in [3.63, 3.8) is 0 Å². The van der Waals surface area contributed by atoms with Crippen LogP contribution in [0.25, 0.3) is 0 Å². The van der Waals surface area contributed by atoms with E-state index in [1.807, 2.05) is 44.2 Å². The van der Waals surface area contributed by atoms with Gasteiger partial charge in [-0.1, -0.05) is 12.1 Å². The van der Waals surface area contributed by atoms with Gasteiger partial charge in [-0.05, 0) is 97.0 Å². The molecule has 1 aliphatic heterocycles. The molecule has 0 atom stereocenters. The molecule has 1 amide bonds. The average Bonchev–Trinajstić information content (AvgIpc) is 2.89. The van der Waals surface area contributed by atoms with Crippen molar-refractivity contribution < 1.29 is 23.9 Å². The van der Waals surface area contributed by atoms with Gasteiger partial charge in [-0.3, -0.25) is 14.4 Å². The first-order valence-corrected chi connectivity index (χ1v) is 14.0. The number of hydrogen-bond donors (Lipinski definition) is 2. The first kappa shape index (κ1) is 26.5. The Kier molecular flexibility index (Phi) is 7.61. The van der Waals surface area contributed by atoms with Gasteiger partial charge in [0.05, 0.1) is 10.7 Å². The number of allylic oxidation sites excluding steroid dienone is 4. The Bertz CT molecular complexity index is 1370. The predicted octanol–water partition coefficient (Wildman–Crippen LogP) is 5.64. The highest BCUT2D eigenvalue weighted by atomic mass is 127. The summed E-state index contributed by atoms with van der Waals surface area (Å²) in [7, 11) is 1.55. The van der Waals surface area contributed by atoms with Crippen molar-refractivity contribution in [1.29, 1.82) is 0 Å². The molecule has 0 fully saturated rings. The second-order valence-corrected chi connectivity index (χ2v) is 11.2. The largest absolute Gasteiger partial charge is 0.493 e. The maximum absolute atomic E-state index is 13.1. The number of ketones is 2. The number of halogens is 1. The number of hydrogen-bond acceptors (Lipinski definition) is 6. The zero-order valence-electron chi connectivity index (χ0n) is 21.8. The van der Waals surface area contributed by atoms with E-state index in [1.165, 1.54) is 0 Å². The molecule has 5 rings (SSSR count). The lowest BCUT2D eigenvalue weighted by molar-refractivity contribution is -0.118. The third-order valence-corrected chi connectivity index (χ3v) is 8.40. The summed E-state index contributed by atoms with van der Waals surface area (Å²) in [5, 5.41) is 6.36. The molecule has 7 nitrogen and oxygen atoms in total. The molecule has 0 aromatic heterocycles. The van der Waals surface area contributed by atoms with E-state index in [-0.39, 0.29) is 24.1 Å². The maximum Gasteiger partial charge on any atom is 0.262 e. The summed E-state index contributed by atoms with van der Waals surface area (Å²) < 4.78 is 12.4. The Labute approximate surface area is 236 Å². The lowest BCUT2D eigenvalue weighted by atomic mass is 9.71. The monoisotopic (exact) mass is 626 g/mol. The molecule has 2 aliphatic carbocycles. The summed E-state index contributed by atoms with van der Waals surface area (Å²) in [6, 6.07) is 9.55. The van der Waals surface area contributed by atoms with Crippen LogP contribution in [0.3, 0.4) is 0 Å². The fraction of sp³-hybridized carbons (Fsp3) is 0.367. The van der Waals surface area contributed by atoms with E-state index in [9.17, 15) is 14.4 Å². The Morgan fingerprint density at radius 2 is 1.68 bits per heavy atom. The van der Waals surface area contributed by atoms with Crippen molar-refractivity contribution in [1.82, 2.24) is 5.32 Å². The third-order valence-electron chi connectivity index (χ3n) is 7.60. The van der Waals surface area contributed by atoms with Crippen molar-refractivity contribution in [2.75, 3.05) is 19.0 Å². The molecule has 0 spiro atoms. The minimum absolute atomic E-state index is 0.0890. The molecule has 2 aromatic rings. The number of methoxy groups -OCH3 is 1. The molecule has 0 bridgehead atoms. The standard InChI is InChI=1S/C30H31IN2O5/c1-16-7-4-8-20(17(16)2)33-26(36)15-38-30-19(31)13-18(14-25(30)37-3)27-28-21(9-5-11-23(28)34)32-22-10-6-12-24(35)29(22)27/h4,7-8,13-14,27,32H,5-6,9-12,15H2,1-3H3,(H,33,36). The highest BCUT2D eigenvalue weighted by molar-refractivity contribution is 14.1. The zero-order chi connectivity index (χ0) is 27.0. The number of dihydropyridines is 1. The van der Waals surface area contributed by atoms with Crippen LogP contribution in [0.2, 0.25) is 0 Å². The van der Waals surface area contributed by atoms with E-state index in [0.29, 0.717) is 35.5 Å². The highest BCUT2D eigenvalue weighted by Crippen LogP contribution is 2.47. The van der Waals surface area contributed by atoms with E-state index >= 15 is 0 Å². The van der Waals surface area contributed by atoms with Crippen molar-refractivity contribution in [2.45, 2.75) is 58.3 Å². The molecule has 0 unspecified atom stereocenters. The van der Waals surface area contributed by atoms with Crippen LogP contribution in [0, 0.1) is 17.4 Å². The molecule has 0 saturated carbocycles. The van der Waals surface area contributed by atoms with Crippen LogP contribution in [-0.4, -0.2) is 31.2 Å². The van der Waals surface area contributed by atoms with Crippen LogP contribution >= 0.6 is 22.6 Å². The number of anilines is 1. The van der Waals surface area contributed by atoms with Crippen LogP contribution in [0.5, 0.6) is 11.5 Å². The van der Waals surface area contributed by atoms with Crippen LogP contribution in [-0.2, 0) is 14.4 Å². The van der Waals surface area contributed by atoms with Gasteiger partial charge in [0.25, 0.3) is 5.91 Å².